The molecule has 1 N–H and O–H groups in total. The number of aliphatic carboxylic acids is 1. The van der Waals surface area contributed by atoms with Crippen molar-refractivity contribution in [3.05, 3.63) is 83.3 Å². The summed E-state index contributed by atoms with van der Waals surface area (Å²) in [4.78, 5) is 22.7. The highest BCUT2D eigenvalue weighted by Gasteiger charge is 2.34. The first-order valence-electron chi connectivity index (χ1n) is 16.0. The largest absolute Gasteiger partial charge is 0.493 e. The van der Waals surface area contributed by atoms with Gasteiger partial charge in [0, 0.05) is 59.0 Å². The van der Waals surface area contributed by atoms with Crippen LogP contribution in [0.15, 0.2) is 60.9 Å². The van der Waals surface area contributed by atoms with Crippen LogP contribution in [-0.2, 0) is 30.0 Å². The Labute approximate surface area is 273 Å². The molecule has 4 aromatic heterocycles. The molecule has 0 amide bonds. The van der Waals surface area contributed by atoms with Gasteiger partial charge in [0.1, 0.15) is 11.4 Å². The number of fused-ring (bicyclic) bond motifs is 3. The Hall–Kier alpha value is -5.02. The van der Waals surface area contributed by atoms with Gasteiger partial charge < -0.3 is 19.1 Å². The summed E-state index contributed by atoms with van der Waals surface area (Å²) < 4.78 is 16.2. The minimum absolute atomic E-state index is 0.567. The Bertz CT molecular complexity index is 2200. The van der Waals surface area contributed by atoms with Crippen molar-refractivity contribution in [1.29, 1.82) is 0 Å². The van der Waals surface area contributed by atoms with Crippen LogP contribution in [-0.4, -0.2) is 47.6 Å². The van der Waals surface area contributed by atoms with E-state index in [2.05, 4.69) is 53.0 Å². The second-order valence-corrected chi connectivity index (χ2v) is 13.4. The maximum absolute atomic E-state index is 12.9. The molecule has 240 valence electrons. The van der Waals surface area contributed by atoms with Crippen molar-refractivity contribution in [1.82, 2.24) is 24.3 Å². The van der Waals surface area contributed by atoms with E-state index in [0.717, 1.165) is 85.3 Å². The molecule has 2 aromatic carbocycles. The Morgan fingerprint density at radius 3 is 2.62 bits per heavy atom. The normalized spacial score (nSPS) is 13.9. The molecule has 1 aliphatic heterocycles. The van der Waals surface area contributed by atoms with Gasteiger partial charge in [-0.1, -0.05) is 12.1 Å². The summed E-state index contributed by atoms with van der Waals surface area (Å²) in [6.07, 6.45) is 4.32. The number of carbonyl (C=O) groups is 1. The van der Waals surface area contributed by atoms with E-state index < -0.39 is 17.7 Å². The molecule has 0 radical (unpaired) electrons. The van der Waals surface area contributed by atoms with Gasteiger partial charge in [0.2, 0.25) is 0 Å². The van der Waals surface area contributed by atoms with Gasteiger partial charge in [0.05, 0.1) is 35.3 Å². The number of aromatic nitrogens is 5. The SMILES string of the molecule is Cc1nc2c(cc(-c3ccnc(-c4ccc5c(cnn5C)c4)c3)n2C)c(-c2ccc3c(c2C)CCCO3)c1C(OC(C)(C)C)C(=O)O. The first-order valence-corrected chi connectivity index (χ1v) is 16.0. The fraction of sp³-hybridized carbons (Fsp3) is 0.316. The molecule has 7 rings (SSSR count). The Morgan fingerprint density at radius 2 is 1.85 bits per heavy atom. The number of hydrogen-bond donors (Lipinski definition) is 1. The topological polar surface area (TPSA) is 104 Å². The van der Waals surface area contributed by atoms with Crippen LogP contribution >= 0.6 is 0 Å². The van der Waals surface area contributed by atoms with Crippen LogP contribution in [0.3, 0.4) is 0 Å². The maximum Gasteiger partial charge on any atom is 0.337 e. The zero-order chi connectivity index (χ0) is 33.2. The molecule has 0 saturated carbocycles. The van der Waals surface area contributed by atoms with Gasteiger partial charge in [-0.15, -0.1) is 0 Å². The molecule has 1 atom stereocenters. The minimum atomic E-state index is -1.22. The summed E-state index contributed by atoms with van der Waals surface area (Å²) in [5, 5.41) is 16.9. The van der Waals surface area contributed by atoms with Gasteiger partial charge >= 0.3 is 5.97 Å². The fourth-order valence-electron chi connectivity index (χ4n) is 6.88. The number of nitrogens with zero attached hydrogens (tertiary/aromatic N) is 5. The summed E-state index contributed by atoms with van der Waals surface area (Å²) in [6.45, 7) is 10.3. The quantitative estimate of drug-likeness (QED) is 0.201. The van der Waals surface area contributed by atoms with E-state index in [0.29, 0.717) is 17.9 Å². The molecule has 0 aliphatic carbocycles. The van der Waals surface area contributed by atoms with Gasteiger partial charge in [0.15, 0.2) is 6.10 Å². The van der Waals surface area contributed by atoms with Gasteiger partial charge in [0.25, 0.3) is 0 Å². The first-order chi connectivity index (χ1) is 22.4. The zero-order valence-electron chi connectivity index (χ0n) is 27.9. The van der Waals surface area contributed by atoms with E-state index >= 15 is 0 Å². The van der Waals surface area contributed by atoms with Crippen LogP contribution in [0, 0.1) is 13.8 Å². The lowest BCUT2D eigenvalue weighted by Crippen LogP contribution is -2.28. The molecular formula is C38H39N5O4. The molecule has 0 spiro atoms. The van der Waals surface area contributed by atoms with E-state index in [4.69, 9.17) is 19.4 Å². The lowest BCUT2D eigenvalue weighted by atomic mass is 9.87. The van der Waals surface area contributed by atoms with Crippen LogP contribution in [0.4, 0.5) is 0 Å². The number of hydrogen-bond acceptors (Lipinski definition) is 6. The Kier molecular flexibility index (Phi) is 7.39. The highest BCUT2D eigenvalue weighted by molar-refractivity contribution is 6.01. The molecule has 0 fully saturated rings. The summed E-state index contributed by atoms with van der Waals surface area (Å²) in [5.41, 5.74) is 10.1. The molecule has 47 heavy (non-hydrogen) atoms. The van der Waals surface area contributed by atoms with E-state index in [-0.39, 0.29) is 0 Å². The predicted octanol–water partition coefficient (Wildman–Crippen LogP) is 7.74. The van der Waals surface area contributed by atoms with Crippen molar-refractivity contribution in [2.75, 3.05) is 6.61 Å². The van der Waals surface area contributed by atoms with Crippen molar-refractivity contribution >= 4 is 27.9 Å². The molecule has 0 bridgehead atoms. The van der Waals surface area contributed by atoms with Crippen LogP contribution in [0.1, 0.15) is 55.7 Å². The molecule has 0 saturated heterocycles. The van der Waals surface area contributed by atoms with E-state index in [1.165, 1.54) is 0 Å². The Morgan fingerprint density at radius 1 is 1.04 bits per heavy atom. The third-order valence-electron chi connectivity index (χ3n) is 9.11. The molecular weight excluding hydrogens is 590 g/mol. The number of carboxylic acid groups (broad SMARTS) is 1. The summed E-state index contributed by atoms with van der Waals surface area (Å²) >= 11 is 0. The molecule has 1 unspecified atom stereocenters. The highest BCUT2D eigenvalue weighted by Crippen LogP contribution is 2.45. The molecule has 6 aromatic rings. The highest BCUT2D eigenvalue weighted by atomic mass is 16.5. The van der Waals surface area contributed by atoms with Crippen molar-refractivity contribution in [3.63, 3.8) is 0 Å². The van der Waals surface area contributed by atoms with Gasteiger partial charge in [-0.3, -0.25) is 9.67 Å². The fourth-order valence-corrected chi connectivity index (χ4v) is 6.88. The molecule has 9 nitrogen and oxygen atoms in total. The molecule has 5 heterocycles. The number of aryl methyl sites for hydroxylation is 3. The van der Waals surface area contributed by atoms with E-state index in [9.17, 15) is 9.90 Å². The lowest BCUT2D eigenvalue weighted by molar-refractivity contribution is -0.160. The van der Waals surface area contributed by atoms with Crippen molar-refractivity contribution < 1.29 is 19.4 Å². The second kappa shape index (κ2) is 11.3. The van der Waals surface area contributed by atoms with Crippen molar-refractivity contribution in [3.8, 4) is 39.4 Å². The number of rotatable bonds is 6. The van der Waals surface area contributed by atoms with Crippen molar-refractivity contribution in [2.45, 2.75) is 59.2 Å². The van der Waals surface area contributed by atoms with Gasteiger partial charge in [-0.05, 0) is 101 Å². The minimum Gasteiger partial charge on any atom is -0.493 e. The average molecular weight is 630 g/mol. The number of ether oxygens (including phenoxy) is 2. The monoisotopic (exact) mass is 629 g/mol. The first kappa shape index (κ1) is 30.6. The smallest absolute Gasteiger partial charge is 0.337 e. The van der Waals surface area contributed by atoms with Crippen LogP contribution in [0.2, 0.25) is 0 Å². The van der Waals surface area contributed by atoms with Gasteiger partial charge in [-0.2, -0.15) is 5.10 Å². The molecule has 9 heteroatoms. The van der Waals surface area contributed by atoms with Gasteiger partial charge in [-0.25, -0.2) is 9.78 Å². The number of benzene rings is 2. The predicted molar refractivity (Wildman–Crippen MR) is 184 cm³/mol. The zero-order valence-corrected chi connectivity index (χ0v) is 27.9. The maximum atomic E-state index is 12.9. The second-order valence-electron chi connectivity index (χ2n) is 13.4. The number of pyridine rings is 2. The third kappa shape index (κ3) is 5.34. The van der Waals surface area contributed by atoms with Crippen LogP contribution in [0.25, 0.3) is 55.6 Å². The average Bonchev–Trinajstić information content (AvgIpc) is 3.58. The number of carboxylic acids is 1. The van der Waals surface area contributed by atoms with E-state index in [1.54, 1.807) is 0 Å². The lowest BCUT2D eigenvalue weighted by Gasteiger charge is -2.29. The molecule has 1 aliphatic rings. The summed E-state index contributed by atoms with van der Waals surface area (Å²) in [6, 6.07) is 16.5. The van der Waals surface area contributed by atoms with Crippen LogP contribution < -0.4 is 4.74 Å². The summed E-state index contributed by atoms with van der Waals surface area (Å²) in [5.74, 6) is -0.158. The third-order valence-corrected chi connectivity index (χ3v) is 9.11. The van der Waals surface area contributed by atoms with E-state index in [1.807, 2.05) is 71.0 Å². The van der Waals surface area contributed by atoms with Crippen LogP contribution in [0.5, 0.6) is 5.75 Å². The van der Waals surface area contributed by atoms with Crippen molar-refractivity contribution in [2.24, 2.45) is 14.1 Å². The Balaban J connectivity index is 1.46. The standard InChI is InChI=1S/C38H39N5O4/c1-21-26-9-8-16-46-32(26)13-11-27(21)34-28-19-31(42(6)36(28)41-22(2)33(34)35(37(44)45)47-38(3,4)5)24-14-15-39-29(18-24)23-10-12-30-25(17-23)20-40-43(30)7/h10-15,17-20,35H,8-9,16H2,1-7H3,(H,44,45). The summed E-state index contributed by atoms with van der Waals surface area (Å²) in [7, 11) is 3.94.